The Morgan fingerprint density at radius 1 is 0.900 bits per heavy atom. The maximum Gasteiger partial charge on any atom is 0.243 e. The second-order valence-electron chi connectivity index (χ2n) is 7.74. The Hall–Kier alpha value is -3.92. The van der Waals surface area contributed by atoms with E-state index in [0.29, 0.717) is 0 Å². The summed E-state index contributed by atoms with van der Waals surface area (Å²) < 4.78 is 3.95. The van der Waals surface area contributed by atoms with Gasteiger partial charge < -0.3 is 9.13 Å². The monoisotopic (exact) mass is 388 g/mol. The number of benzene rings is 3. The number of hydrogen-bond donors (Lipinski definition) is 1. The van der Waals surface area contributed by atoms with E-state index < -0.39 is 5.41 Å². The van der Waals surface area contributed by atoms with Gasteiger partial charge in [-0.25, -0.2) is 0 Å². The van der Waals surface area contributed by atoms with E-state index in [2.05, 4.69) is 95.4 Å². The highest BCUT2D eigenvalue weighted by molar-refractivity contribution is 5.85. The summed E-state index contributed by atoms with van der Waals surface area (Å²) in [5.41, 5.74) is 7.98. The van der Waals surface area contributed by atoms with Crippen LogP contribution in [-0.2, 0) is 12.5 Å². The molecule has 2 heterocycles. The predicted octanol–water partition coefficient (Wildman–Crippen LogP) is 4.19. The molecule has 0 atom stereocenters. The van der Waals surface area contributed by atoms with E-state index in [1.165, 1.54) is 27.8 Å². The van der Waals surface area contributed by atoms with Crippen LogP contribution in [0.2, 0.25) is 0 Å². The molecule has 0 amide bonds. The van der Waals surface area contributed by atoms with Crippen LogP contribution in [0.15, 0.2) is 97.5 Å². The van der Waals surface area contributed by atoms with Crippen LogP contribution in [-0.4, -0.2) is 14.8 Å². The first-order valence-corrected chi connectivity index (χ1v) is 10.0. The van der Waals surface area contributed by atoms with Crippen molar-refractivity contribution < 1.29 is 4.57 Å². The standard InChI is InChI=1S/C26H20N4/c1-29-15-16-30(18-29)20-8-6-7-19(17-20)26(25-13-14-27-28-25)23-11-4-2-9-21(23)22-10-3-5-12-24(22)26/h2-17H,1H3,(H,27,28). The minimum atomic E-state index is -0.449. The van der Waals surface area contributed by atoms with Crippen LogP contribution in [0.3, 0.4) is 0 Å². The summed E-state index contributed by atoms with van der Waals surface area (Å²) in [6.45, 7) is 0. The van der Waals surface area contributed by atoms with Gasteiger partial charge in [0.05, 0.1) is 23.8 Å². The van der Waals surface area contributed by atoms with Gasteiger partial charge in [0.2, 0.25) is 6.33 Å². The van der Waals surface area contributed by atoms with E-state index in [9.17, 15) is 0 Å². The number of nitrogens with one attached hydrogen (secondary N) is 1. The molecule has 0 spiro atoms. The number of aromatic nitrogens is 4. The lowest BCUT2D eigenvalue weighted by Crippen LogP contribution is -2.29. The zero-order chi connectivity index (χ0) is 20.1. The summed E-state index contributed by atoms with van der Waals surface area (Å²) in [7, 11) is 1.98. The van der Waals surface area contributed by atoms with E-state index in [0.717, 1.165) is 11.4 Å². The van der Waals surface area contributed by atoms with Crippen molar-refractivity contribution in [1.82, 2.24) is 14.8 Å². The second kappa shape index (κ2) is 6.29. The molecule has 5 aromatic rings. The van der Waals surface area contributed by atoms with Gasteiger partial charge in [0, 0.05) is 18.6 Å². The number of fused-ring (bicyclic) bond motifs is 3. The minimum absolute atomic E-state index is 0.449. The molecule has 4 nitrogen and oxygen atoms in total. The first-order valence-electron chi connectivity index (χ1n) is 10.0. The molecule has 0 aliphatic heterocycles. The molecule has 0 bridgehead atoms. The van der Waals surface area contributed by atoms with Gasteiger partial charge in [-0.05, 0) is 33.9 Å². The normalized spacial score (nSPS) is 13.8. The van der Waals surface area contributed by atoms with Gasteiger partial charge >= 0.3 is 0 Å². The average molecular weight is 388 g/mol. The summed E-state index contributed by atoms with van der Waals surface area (Å²) in [4.78, 5) is 0. The van der Waals surface area contributed by atoms with Crippen molar-refractivity contribution in [1.29, 1.82) is 0 Å². The molecule has 144 valence electrons. The van der Waals surface area contributed by atoms with E-state index >= 15 is 0 Å². The molecule has 2 aromatic heterocycles. The molecule has 1 aliphatic rings. The second-order valence-corrected chi connectivity index (χ2v) is 7.74. The molecular weight excluding hydrogens is 368 g/mol. The number of rotatable bonds is 3. The molecule has 4 heteroatoms. The molecule has 0 radical (unpaired) electrons. The van der Waals surface area contributed by atoms with Crippen molar-refractivity contribution in [2.75, 3.05) is 0 Å². The zero-order valence-corrected chi connectivity index (χ0v) is 16.6. The topological polar surface area (TPSA) is 37.5 Å². The first-order chi connectivity index (χ1) is 14.8. The molecule has 3 aromatic carbocycles. The summed E-state index contributed by atoms with van der Waals surface area (Å²) in [5.74, 6) is 0. The fourth-order valence-electron chi connectivity index (χ4n) is 4.89. The third kappa shape index (κ3) is 2.22. The Kier molecular flexibility index (Phi) is 3.56. The maximum absolute atomic E-state index is 4.33. The number of aromatic amines is 1. The van der Waals surface area contributed by atoms with Gasteiger partial charge in [-0.3, -0.25) is 5.10 Å². The van der Waals surface area contributed by atoms with Crippen molar-refractivity contribution in [3.8, 4) is 16.8 Å². The molecule has 0 saturated carbocycles. The van der Waals surface area contributed by atoms with Gasteiger partial charge in [0.1, 0.15) is 0 Å². The lowest BCUT2D eigenvalue weighted by atomic mass is 9.70. The highest BCUT2D eigenvalue weighted by Gasteiger charge is 2.46. The van der Waals surface area contributed by atoms with Crippen LogP contribution in [0.4, 0.5) is 0 Å². The third-order valence-electron chi connectivity index (χ3n) is 6.12. The van der Waals surface area contributed by atoms with E-state index in [4.69, 9.17) is 0 Å². The lowest BCUT2D eigenvalue weighted by Gasteiger charge is -2.32. The fraction of sp³-hybridized carbons (Fsp3) is 0.0769. The highest BCUT2D eigenvalue weighted by Crippen LogP contribution is 2.55. The SMILES string of the molecule is C[n+]1[c-]n(-c2cccc(C3(c4ccn[nH]4)c4ccccc4-c4ccccc43)c2)cc1. The molecule has 1 aliphatic carbocycles. The van der Waals surface area contributed by atoms with Crippen LogP contribution in [0, 0.1) is 6.33 Å². The number of H-pyrrole nitrogens is 1. The number of aryl methyl sites for hydroxylation is 1. The van der Waals surface area contributed by atoms with Crippen LogP contribution in [0.1, 0.15) is 22.4 Å². The molecule has 0 unspecified atom stereocenters. The molecule has 6 rings (SSSR count). The summed E-state index contributed by atoms with van der Waals surface area (Å²) in [5, 5.41) is 7.62. The lowest BCUT2D eigenvalue weighted by molar-refractivity contribution is -0.674. The first kappa shape index (κ1) is 17.0. The van der Waals surface area contributed by atoms with Crippen LogP contribution in [0.25, 0.3) is 16.8 Å². The van der Waals surface area contributed by atoms with Crippen molar-refractivity contribution in [2.45, 2.75) is 5.41 Å². The van der Waals surface area contributed by atoms with Gasteiger partial charge in [-0.15, -0.1) is 0 Å². The molecule has 0 saturated heterocycles. The smallest absolute Gasteiger partial charge is 0.243 e. The highest BCUT2D eigenvalue weighted by atomic mass is 15.1. The Morgan fingerprint density at radius 3 is 2.27 bits per heavy atom. The molecule has 1 N–H and O–H groups in total. The summed E-state index contributed by atoms with van der Waals surface area (Å²) >= 11 is 0. The van der Waals surface area contributed by atoms with E-state index in [1.54, 1.807) is 0 Å². The quantitative estimate of drug-likeness (QED) is 0.358. The largest absolute Gasteiger partial charge is 0.326 e. The number of nitrogens with zero attached hydrogens (tertiary/aromatic N) is 3. The fourth-order valence-corrected chi connectivity index (χ4v) is 4.89. The van der Waals surface area contributed by atoms with Crippen LogP contribution in [0.5, 0.6) is 0 Å². The van der Waals surface area contributed by atoms with Crippen molar-refractivity contribution in [3.63, 3.8) is 0 Å². The summed E-state index contributed by atoms with van der Waals surface area (Å²) in [6.07, 6.45) is 9.17. The van der Waals surface area contributed by atoms with E-state index in [-0.39, 0.29) is 0 Å². The van der Waals surface area contributed by atoms with Gasteiger partial charge in [-0.2, -0.15) is 5.10 Å². The Labute approximate surface area is 175 Å². The van der Waals surface area contributed by atoms with Gasteiger partial charge in [0.15, 0.2) is 0 Å². The van der Waals surface area contributed by atoms with Crippen molar-refractivity contribution in [2.24, 2.45) is 7.05 Å². The Bertz CT molecular complexity index is 1320. The Balaban J connectivity index is 1.71. The van der Waals surface area contributed by atoms with E-state index in [1.807, 2.05) is 34.8 Å². The predicted molar refractivity (Wildman–Crippen MR) is 115 cm³/mol. The van der Waals surface area contributed by atoms with Crippen LogP contribution < -0.4 is 4.57 Å². The molecule has 30 heavy (non-hydrogen) atoms. The minimum Gasteiger partial charge on any atom is -0.326 e. The summed E-state index contributed by atoms with van der Waals surface area (Å²) in [6, 6.07) is 28.2. The zero-order valence-electron chi connectivity index (χ0n) is 16.6. The average Bonchev–Trinajstić information content (AvgIpc) is 3.52. The molecule has 0 fully saturated rings. The van der Waals surface area contributed by atoms with Crippen LogP contribution >= 0.6 is 0 Å². The van der Waals surface area contributed by atoms with Gasteiger partial charge in [-0.1, -0.05) is 72.8 Å². The number of imidazole rings is 1. The maximum atomic E-state index is 4.33. The third-order valence-corrected chi connectivity index (χ3v) is 6.12. The van der Waals surface area contributed by atoms with Gasteiger partial charge in [0.25, 0.3) is 0 Å². The van der Waals surface area contributed by atoms with Crippen molar-refractivity contribution >= 4 is 0 Å². The molecular formula is C26H20N4. The Morgan fingerprint density at radius 2 is 1.63 bits per heavy atom. The van der Waals surface area contributed by atoms with Crippen molar-refractivity contribution in [3.05, 3.63) is 126 Å². The number of hydrogen-bond acceptors (Lipinski definition) is 1.